The molecule has 0 spiro atoms. The van der Waals surface area contributed by atoms with E-state index < -0.39 is 0 Å². The molecule has 0 amide bonds. The van der Waals surface area contributed by atoms with Crippen molar-refractivity contribution in [3.63, 3.8) is 0 Å². The molecule has 5 aliphatic rings. The largest absolute Gasteiger partial charge is 0.354 e. The summed E-state index contributed by atoms with van der Waals surface area (Å²) in [6, 6.07) is 2.07. The van der Waals surface area contributed by atoms with Crippen LogP contribution in [-0.2, 0) is 0 Å². The van der Waals surface area contributed by atoms with Crippen LogP contribution in [0.3, 0.4) is 0 Å². The van der Waals surface area contributed by atoms with E-state index in [1.54, 1.807) is 0 Å². The summed E-state index contributed by atoms with van der Waals surface area (Å²) in [4.78, 5) is 14.2. The summed E-state index contributed by atoms with van der Waals surface area (Å²) in [7, 11) is 2.19. The first-order chi connectivity index (χ1) is 11.7. The van der Waals surface area contributed by atoms with Crippen LogP contribution in [0.1, 0.15) is 38.5 Å². The van der Waals surface area contributed by atoms with E-state index in [1.165, 1.54) is 38.5 Å². The van der Waals surface area contributed by atoms with Crippen molar-refractivity contribution in [3.8, 4) is 0 Å². The number of likely N-dealkylation sites (N-methyl/N-ethyl adjacent to an activating group) is 1. The average molecular weight is 327 g/mol. The van der Waals surface area contributed by atoms with E-state index in [2.05, 4.69) is 33.2 Å². The third-order valence-corrected chi connectivity index (χ3v) is 6.88. The molecule has 2 heterocycles. The highest BCUT2D eigenvalue weighted by molar-refractivity contribution is 5.44. The average Bonchev–Trinajstić information content (AvgIpc) is 2.54. The Hall–Kier alpha value is -1.36. The molecule has 0 radical (unpaired) electrons. The normalized spacial score (nSPS) is 38.5. The molecule has 24 heavy (non-hydrogen) atoms. The van der Waals surface area contributed by atoms with Gasteiger partial charge in [0.25, 0.3) is 0 Å². The van der Waals surface area contributed by atoms with Crippen LogP contribution in [0.25, 0.3) is 0 Å². The number of nitrogens with zero attached hydrogens (tertiary/aromatic N) is 4. The van der Waals surface area contributed by atoms with Gasteiger partial charge >= 0.3 is 0 Å². The van der Waals surface area contributed by atoms with Gasteiger partial charge in [-0.2, -0.15) is 4.98 Å². The third kappa shape index (κ3) is 2.67. The van der Waals surface area contributed by atoms with E-state index in [1.807, 2.05) is 6.20 Å². The Balaban J connectivity index is 1.34. The Kier molecular flexibility index (Phi) is 3.47. The second-order valence-electron chi connectivity index (χ2n) is 8.85. The fourth-order valence-corrected chi connectivity index (χ4v) is 6.12. The molecule has 0 aromatic carbocycles. The molecule has 0 atom stereocenters. The van der Waals surface area contributed by atoms with Crippen molar-refractivity contribution in [2.24, 2.45) is 17.8 Å². The molecule has 4 aliphatic carbocycles. The molecule has 130 valence electrons. The van der Waals surface area contributed by atoms with Gasteiger partial charge in [-0.15, -0.1) is 0 Å². The van der Waals surface area contributed by atoms with Crippen molar-refractivity contribution in [2.45, 2.75) is 44.1 Å². The van der Waals surface area contributed by atoms with E-state index in [-0.39, 0.29) is 5.54 Å². The van der Waals surface area contributed by atoms with Crippen LogP contribution in [0.5, 0.6) is 0 Å². The number of hydrogen-bond donors (Lipinski definition) is 1. The Morgan fingerprint density at radius 1 is 1.00 bits per heavy atom. The lowest BCUT2D eigenvalue weighted by Gasteiger charge is -2.56. The molecular formula is C19H29N5. The van der Waals surface area contributed by atoms with Crippen molar-refractivity contribution < 1.29 is 0 Å². The van der Waals surface area contributed by atoms with Gasteiger partial charge in [-0.25, -0.2) is 4.98 Å². The van der Waals surface area contributed by atoms with Gasteiger partial charge in [-0.05, 0) is 69.4 Å². The maximum Gasteiger partial charge on any atom is 0.225 e. The highest BCUT2D eigenvalue weighted by Crippen LogP contribution is 2.56. The van der Waals surface area contributed by atoms with Gasteiger partial charge in [0.1, 0.15) is 5.82 Å². The van der Waals surface area contributed by atoms with E-state index in [0.717, 1.165) is 55.7 Å². The fraction of sp³-hybridized carbons (Fsp3) is 0.789. The van der Waals surface area contributed by atoms with E-state index in [4.69, 9.17) is 4.98 Å². The van der Waals surface area contributed by atoms with Gasteiger partial charge in [0, 0.05) is 37.9 Å². The van der Waals surface area contributed by atoms with Crippen LogP contribution in [0.4, 0.5) is 11.8 Å². The Morgan fingerprint density at radius 3 is 2.25 bits per heavy atom. The first-order valence-corrected chi connectivity index (χ1v) is 9.72. The van der Waals surface area contributed by atoms with E-state index in [9.17, 15) is 0 Å². The molecule has 4 saturated carbocycles. The van der Waals surface area contributed by atoms with Crippen LogP contribution < -0.4 is 10.2 Å². The van der Waals surface area contributed by atoms with Gasteiger partial charge in [0.2, 0.25) is 5.95 Å². The lowest BCUT2D eigenvalue weighted by molar-refractivity contribution is 0.0103. The first kappa shape index (κ1) is 14.9. The molecule has 1 aliphatic heterocycles. The molecule has 1 saturated heterocycles. The lowest BCUT2D eigenvalue weighted by atomic mass is 9.53. The second-order valence-corrected chi connectivity index (χ2v) is 8.85. The molecule has 5 nitrogen and oxygen atoms in total. The first-order valence-electron chi connectivity index (χ1n) is 9.72. The van der Waals surface area contributed by atoms with Crippen LogP contribution in [0, 0.1) is 17.8 Å². The zero-order chi connectivity index (χ0) is 16.1. The molecule has 5 fully saturated rings. The summed E-state index contributed by atoms with van der Waals surface area (Å²) < 4.78 is 0. The molecule has 4 bridgehead atoms. The SMILES string of the molecule is CN1CCN(c2ccnc(NC34CC5CC(CC(C5)C3)C4)n2)CC1. The number of piperazine rings is 1. The number of rotatable bonds is 3. The quantitative estimate of drug-likeness (QED) is 0.924. The molecule has 1 aromatic heterocycles. The zero-order valence-electron chi connectivity index (χ0n) is 14.7. The number of aromatic nitrogens is 2. The second kappa shape index (κ2) is 5.58. The van der Waals surface area contributed by atoms with Crippen LogP contribution in [-0.4, -0.2) is 53.6 Å². The van der Waals surface area contributed by atoms with Crippen molar-refractivity contribution >= 4 is 11.8 Å². The summed E-state index contributed by atoms with van der Waals surface area (Å²) in [5, 5.41) is 3.82. The third-order valence-electron chi connectivity index (χ3n) is 6.88. The molecule has 5 heteroatoms. The minimum atomic E-state index is 0.287. The minimum absolute atomic E-state index is 0.287. The summed E-state index contributed by atoms with van der Waals surface area (Å²) >= 11 is 0. The van der Waals surface area contributed by atoms with Crippen LogP contribution in [0.15, 0.2) is 12.3 Å². The summed E-state index contributed by atoms with van der Waals surface area (Å²) in [5.74, 6) is 4.79. The Morgan fingerprint density at radius 2 is 1.62 bits per heavy atom. The van der Waals surface area contributed by atoms with Crippen molar-refractivity contribution in [1.82, 2.24) is 14.9 Å². The van der Waals surface area contributed by atoms with E-state index in [0.29, 0.717) is 0 Å². The fourth-order valence-electron chi connectivity index (χ4n) is 6.12. The van der Waals surface area contributed by atoms with E-state index >= 15 is 0 Å². The Bertz CT molecular complexity index is 572. The van der Waals surface area contributed by atoms with Gasteiger partial charge in [-0.3, -0.25) is 0 Å². The lowest BCUT2D eigenvalue weighted by Crippen LogP contribution is -2.55. The Labute approximate surface area is 144 Å². The predicted octanol–water partition coefficient (Wildman–Crippen LogP) is 2.61. The monoisotopic (exact) mass is 327 g/mol. The van der Waals surface area contributed by atoms with Gasteiger partial charge in [0.05, 0.1) is 0 Å². The number of anilines is 2. The maximum atomic E-state index is 4.88. The van der Waals surface area contributed by atoms with Crippen LogP contribution >= 0.6 is 0 Å². The van der Waals surface area contributed by atoms with Crippen molar-refractivity contribution in [2.75, 3.05) is 43.4 Å². The summed E-state index contributed by atoms with van der Waals surface area (Å²) in [6.45, 7) is 4.35. The molecular weight excluding hydrogens is 298 g/mol. The van der Waals surface area contributed by atoms with Crippen molar-refractivity contribution in [1.29, 1.82) is 0 Å². The van der Waals surface area contributed by atoms with Gasteiger partial charge in [-0.1, -0.05) is 0 Å². The molecule has 1 aromatic rings. The highest BCUT2D eigenvalue weighted by atomic mass is 15.3. The molecule has 1 N–H and O–H groups in total. The molecule has 6 rings (SSSR count). The van der Waals surface area contributed by atoms with Gasteiger partial charge < -0.3 is 15.1 Å². The summed E-state index contributed by atoms with van der Waals surface area (Å²) in [6.07, 6.45) is 10.4. The van der Waals surface area contributed by atoms with Crippen molar-refractivity contribution in [3.05, 3.63) is 12.3 Å². The predicted molar refractivity (Wildman–Crippen MR) is 96.3 cm³/mol. The maximum absolute atomic E-state index is 4.88. The smallest absolute Gasteiger partial charge is 0.225 e. The van der Waals surface area contributed by atoms with Gasteiger partial charge in [0.15, 0.2) is 0 Å². The summed E-state index contributed by atoms with van der Waals surface area (Å²) in [5.41, 5.74) is 0.287. The van der Waals surface area contributed by atoms with Crippen LogP contribution in [0.2, 0.25) is 0 Å². The minimum Gasteiger partial charge on any atom is -0.354 e. The molecule has 0 unspecified atom stereocenters. The standard InChI is InChI=1S/C19H29N5/c1-23-4-6-24(7-5-23)17-2-3-20-18(21-17)22-19-11-14-8-15(12-19)10-16(9-14)13-19/h2-3,14-16H,4-13H2,1H3,(H,20,21,22). The number of hydrogen-bond acceptors (Lipinski definition) is 5. The topological polar surface area (TPSA) is 44.3 Å². The highest BCUT2D eigenvalue weighted by Gasteiger charge is 2.51. The number of nitrogens with one attached hydrogen (secondary N) is 1. The zero-order valence-corrected chi connectivity index (χ0v) is 14.7.